The summed E-state index contributed by atoms with van der Waals surface area (Å²) in [5.41, 5.74) is 6.43. The molecule has 0 bridgehead atoms. The predicted octanol–water partition coefficient (Wildman–Crippen LogP) is 2.48. The van der Waals surface area contributed by atoms with Crippen LogP contribution in [0.4, 0.5) is 5.69 Å². The number of anilines is 1. The average molecular weight is 344 g/mol. The Morgan fingerprint density at radius 2 is 2.08 bits per heavy atom. The number of nitrogens with one attached hydrogen (secondary N) is 1. The minimum atomic E-state index is -0.0190. The van der Waals surface area contributed by atoms with Gasteiger partial charge in [-0.2, -0.15) is 0 Å². The number of methoxy groups -OCH3 is 1. The topological polar surface area (TPSA) is 75.0 Å². The number of hydrogen-bond donors (Lipinski definition) is 2. The van der Waals surface area contributed by atoms with Gasteiger partial charge in [0, 0.05) is 24.4 Å². The lowest BCUT2D eigenvalue weighted by Crippen LogP contribution is -2.39. The molecule has 6 heteroatoms. The summed E-state index contributed by atoms with van der Waals surface area (Å²) >= 11 is 0. The van der Waals surface area contributed by atoms with Crippen LogP contribution >= 0.6 is 0 Å². The summed E-state index contributed by atoms with van der Waals surface area (Å²) in [6, 6.07) is 13.0. The molecule has 0 aliphatic carbocycles. The molecule has 25 heavy (non-hydrogen) atoms. The number of rotatable bonds is 8. The van der Waals surface area contributed by atoms with Crippen LogP contribution in [0, 0.1) is 0 Å². The number of nitrogen functional groups attached to an aromatic ring is 1. The van der Waals surface area contributed by atoms with E-state index in [1.807, 2.05) is 42.5 Å². The SMILES string of the molecule is COc1ccc2c(c1)O[C@H](CNCCCOc1cccc(N)c1)CO2. The van der Waals surface area contributed by atoms with Crippen LogP contribution in [0.15, 0.2) is 42.5 Å². The zero-order chi connectivity index (χ0) is 17.5. The van der Waals surface area contributed by atoms with Gasteiger partial charge in [-0.05, 0) is 37.2 Å². The van der Waals surface area contributed by atoms with Crippen molar-refractivity contribution < 1.29 is 18.9 Å². The van der Waals surface area contributed by atoms with Gasteiger partial charge in [-0.15, -0.1) is 0 Å². The highest BCUT2D eigenvalue weighted by molar-refractivity contribution is 5.46. The molecule has 1 aliphatic heterocycles. The van der Waals surface area contributed by atoms with E-state index < -0.39 is 0 Å². The van der Waals surface area contributed by atoms with Gasteiger partial charge in [-0.3, -0.25) is 0 Å². The number of hydrogen-bond acceptors (Lipinski definition) is 6. The molecule has 1 heterocycles. The highest BCUT2D eigenvalue weighted by atomic mass is 16.6. The Labute approximate surface area is 147 Å². The molecule has 0 fully saturated rings. The van der Waals surface area contributed by atoms with Crippen LogP contribution in [0.1, 0.15) is 6.42 Å². The van der Waals surface area contributed by atoms with Crippen molar-refractivity contribution in [1.82, 2.24) is 5.32 Å². The third-order valence-electron chi connectivity index (χ3n) is 3.87. The van der Waals surface area contributed by atoms with E-state index in [4.69, 9.17) is 24.7 Å². The fourth-order valence-electron chi connectivity index (χ4n) is 2.58. The monoisotopic (exact) mass is 344 g/mol. The first-order valence-corrected chi connectivity index (χ1v) is 8.41. The normalized spacial score (nSPS) is 15.6. The van der Waals surface area contributed by atoms with E-state index in [1.54, 1.807) is 7.11 Å². The van der Waals surface area contributed by atoms with Gasteiger partial charge in [0.25, 0.3) is 0 Å². The average Bonchev–Trinajstić information content (AvgIpc) is 2.64. The summed E-state index contributed by atoms with van der Waals surface area (Å²) < 4.78 is 22.5. The Morgan fingerprint density at radius 1 is 1.16 bits per heavy atom. The second-order valence-corrected chi connectivity index (χ2v) is 5.84. The lowest BCUT2D eigenvalue weighted by molar-refractivity contribution is 0.0898. The third kappa shape index (κ3) is 4.93. The van der Waals surface area contributed by atoms with Gasteiger partial charge in [-0.25, -0.2) is 0 Å². The summed E-state index contributed by atoms with van der Waals surface area (Å²) in [5, 5.41) is 3.37. The van der Waals surface area contributed by atoms with E-state index >= 15 is 0 Å². The van der Waals surface area contributed by atoms with Gasteiger partial charge < -0.3 is 30.0 Å². The lowest BCUT2D eigenvalue weighted by Gasteiger charge is -2.27. The highest BCUT2D eigenvalue weighted by Crippen LogP contribution is 2.34. The molecule has 134 valence electrons. The molecule has 3 rings (SSSR count). The molecule has 0 unspecified atom stereocenters. The zero-order valence-corrected chi connectivity index (χ0v) is 14.4. The third-order valence-corrected chi connectivity index (χ3v) is 3.87. The summed E-state index contributed by atoms with van der Waals surface area (Å²) in [6.45, 7) is 2.73. The largest absolute Gasteiger partial charge is 0.497 e. The lowest BCUT2D eigenvalue weighted by atomic mass is 10.2. The summed E-state index contributed by atoms with van der Waals surface area (Å²) in [7, 11) is 1.64. The Hall–Kier alpha value is -2.60. The molecule has 6 nitrogen and oxygen atoms in total. The molecule has 0 spiro atoms. The first-order valence-electron chi connectivity index (χ1n) is 8.41. The van der Waals surface area contributed by atoms with Crippen LogP contribution in [0.3, 0.4) is 0 Å². The van der Waals surface area contributed by atoms with Gasteiger partial charge in [0.15, 0.2) is 11.5 Å². The summed E-state index contributed by atoms with van der Waals surface area (Å²) in [6.07, 6.45) is 0.877. The van der Waals surface area contributed by atoms with Crippen LogP contribution in [0.2, 0.25) is 0 Å². The van der Waals surface area contributed by atoms with Crippen molar-refractivity contribution >= 4 is 5.69 Å². The van der Waals surface area contributed by atoms with Gasteiger partial charge in [0.2, 0.25) is 0 Å². The highest BCUT2D eigenvalue weighted by Gasteiger charge is 2.21. The maximum atomic E-state index is 5.95. The van der Waals surface area contributed by atoms with E-state index in [0.717, 1.165) is 42.5 Å². The molecule has 1 atom stereocenters. The van der Waals surface area contributed by atoms with Crippen LogP contribution < -0.4 is 30.0 Å². The van der Waals surface area contributed by atoms with Crippen molar-refractivity contribution in [2.75, 3.05) is 39.1 Å². The fourth-order valence-corrected chi connectivity index (χ4v) is 2.58. The van der Waals surface area contributed by atoms with Crippen molar-refractivity contribution in [3.05, 3.63) is 42.5 Å². The van der Waals surface area contributed by atoms with Crippen LogP contribution in [0.5, 0.6) is 23.0 Å². The fraction of sp³-hybridized carbons (Fsp3) is 0.368. The second-order valence-electron chi connectivity index (χ2n) is 5.84. The molecule has 0 aromatic heterocycles. The molecule has 0 saturated heterocycles. The minimum absolute atomic E-state index is 0.0190. The van der Waals surface area contributed by atoms with Gasteiger partial charge in [0.05, 0.1) is 13.7 Å². The van der Waals surface area contributed by atoms with Crippen molar-refractivity contribution in [2.45, 2.75) is 12.5 Å². The molecule has 0 saturated carbocycles. The number of nitrogens with two attached hydrogens (primary N) is 1. The number of ether oxygens (including phenoxy) is 4. The first-order chi connectivity index (χ1) is 12.2. The molecule has 1 aliphatic rings. The molecular weight excluding hydrogens is 320 g/mol. The predicted molar refractivity (Wildman–Crippen MR) is 96.7 cm³/mol. The molecule has 2 aromatic carbocycles. The van der Waals surface area contributed by atoms with E-state index in [1.165, 1.54) is 0 Å². The van der Waals surface area contributed by atoms with Gasteiger partial charge in [-0.1, -0.05) is 6.07 Å². The van der Waals surface area contributed by atoms with Gasteiger partial charge in [0.1, 0.15) is 24.2 Å². The first kappa shape index (κ1) is 17.2. The van der Waals surface area contributed by atoms with Crippen molar-refractivity contribution in [3.8, 4) is 23.0 Å². The molecule has 0 amide bonds. The zero-order valence-electron chi connectivity index (χ0n) is 14.4. The Bertz CT molecular complexity index is 693. The summed E-state index contributed by atoms with van der Waals surface area (Å²) in [4.78, 5) is 0. The Kier molecular flexibility index (Phi) is 5.85. The quantitative estimate of drug-likeness (QED) is 0.566. The van der Waals surface area contributed by atoms with Crippen LogP contribution in [0.25, 0.3) is 0 Å². The van der Waals surface area contributed by atoms with Gasteiger partial charge >= 0.3 is 0 Å². The molecule has 0 radical (unpaired) electrons. The minimum Gasteiger partial charge on any atom is -0.497 e. The molecular formula is C19H24N2O4. The Morgan fingerprint density at radius 3 is 2.92 bits per heavy atom. The molecule has 3 N–H and O–H groups in total. The Balaban J connectivity index is 1.34. The van der Waals surface area contributed by atoms with E-state index in [0.29, 0.717) is 18.9 Å². The van der Waals surface area contributed by atoms with E-state index in [2.05, 4.69) is 5.32 Å². The van der Waals surface area contributed by atoms with Crippen molar-refractivity contribution in [2.24, 2.45) is 0 Å². The smallest absolute Gasteiger partial charge is 0.165 e. The van der Waals surface area contributed by atoms with Crippen LogP contribution in [-0.4, -0.2) is 39.5 Å². The van der Waals surface area contributed by atoms with E-state index in [9.17, 15) is 0 Å². The van der Waals surface area contributed by atoms with E-state index in [-0.39, 0.29) is 6.10 Å². The van der Waals surface area contributed by atoms with Crippen molar-refractivity contribution in [1.29, 1.82) is 0 Å². The molecule has 2 aromatic rings. The maximum absolute atomic E-state index is 5.95. The van der Waals surface area contributed by atoms with Crippen LogP contribution in [-0.2, 0) is 0 Å². The standard InChI is InChI=1S/C19H24N2O4/c1-22-15-6-7-18-19(11-15)25-17(13-24-18)12-21-8-3-9-23-16-5-2-4-14(20)10-16/h2,4-7,10-11,17,21H,3,8-9,12-13,20H2,1H3/t17-/m1/s1. The van der Waals surface area contributed by atoms with Crippen molar-refractivity contribution in [3.63, 3.8) is 0 Å². The second kappa shape index (κ2) is 8.48. The number of fused-ring (bicyclic) bond motifs is 1. The number of benzene rings is 2. The summed E-state index contributed by atoms with van der Waals surface area (Å²) in [5.74, 6) is 3.04. The maximum Gasteiger partial charge on any atom is 0.165 e.